The quantitative estimate of drug-likeness (QED) is 0.585. The first kappa shape index (κ1) is 19.2. The van der Waals surface area contributed by atoms with E-state index in [2.05, 4.69) is 10.6 Å². The lowest BCUT2D eigenvalue weighted by Crippen LogP contribution is -2.52. The van der Waals surface area contributed by atoms with Gasteiger partial charge in [0, 0.05) is 37.3 Å². The largest absolute Gasteiger partial charge is 0.428 e. The molecular formula is C20H24N4O5. The molecule has 1 atom stereocenters. The maximum atomic E-state index is 12.7. The molecule has 4 rings (SSSR count). The molecule has 9 heteroatoms. The first-order valence-corrected chi connectivity index (χ1v) is 9.96. The summed E-state index contributed by atoms with van der Waals surface area (Å²) in [6.07, 6.45) is 3.40. The van der Waals surface area contributed by atoms with Gasteiger partial charge in [0.25, 0.3) is 5.91 Å². The van der Waals surface area contributed by atoms with Crippen molar-refractivity contribution in [2.24, 2.45) is 0 Å². The number of piperidine rings is 2. The molecule has 2 fully saturated rings. The highest BCUT2D eigenvalue weighted by Crippen LogP contribution is 2.29. The summed E-state index contributed by atoms with van der Waals surface area (Å²) in [7, 11) is 0. The van der Waals surface area contributed by atoms with Crippen LogP contribution >= 0.6 is 0 Å². The highest BCUT2D eigenvalue weighted by molar-refractivity contribution is 6.05. The minimum Gasteiger partial charge on any atom is -0.428 e. The highest BCUT2D eigenvalue weighted by Gasteiger charge is 2.39. The van der Waals surface area contributed by atoms with E-state index in [1.807, 2.05) is 6.07 Å². The molecule has 3 aliphatic rings. The molecule has 154 valence electrons. The van der Waals surface area contributed by atoms with Crippen molar-refractivity contribution in [2.75, 3.05) is 25.1 Å². The molecule has 0 aromatic heterocycles. The number of benzene rings is 1. The zero-order valence-corrected chi connectivity index (χ0v) is 16.1. The van der Waals surface area contributed by atoms with Crippen molar-refractivity contribution in [2.45, 2.75) is 44.7 Å². The van der Waals surface area contributed by atoms with E-state index in [1.54, 1.807) is 17.0 Å². The molecule has 1 unspecified atom stereocenters. The van der Waals surface area contributed by atoms with Gasteiger partial charge in [-0.3, -0.25) is 19.7 Å². The predicted octanol–water partition coefficient (Wildman–Crippen LogP) is 1.44. The number of ether oxygens (including phenoxy) is 1. The number of amides is 4. The van der Waals surface area contributed by atoms with Crippen LogP contribution in [0.4, 0.5) is 10.5 Å². The van der Waals surface area contributed by atoms with Crippen LogP contribution in [0, 0.1) is 0 Å². The molecule has 1 aromatic rings. The molecule has 9 nitrogen and oxygen atoms in total. The Hall–Kier alpha value is -3.10. The average Bonchev–Trinajstić information content (AvgIpc) is 3.04. The number of carbonyl (C=O) groups is 4. The summed E-state index contributed by atoms with van der Waals surface area (Å²) < 4.78 is 5.28. The van der Waals surface area contributed by atoms with Gasteiger partial charge in [0.15, 0.2) is 6.73 Å². The van der Waals surface area contributed by atoms with E-state index >= 15 is 0 Å². The summed E-state index contributed by atoms with van der Waals surface area (Å²) in [6, 6.07) is 4.65. The third kappa shape index (κ3) is 4.03. The Morgan fingerprint density at radius 3 is 2.72 bits per heavy atom. The van der Waals surface area contributed by atoms with Crippen molar-refractivity contribution < 1.29 is 23.9 Å². The second-order valence-corrected chi connectivity index (χ2v) is 7.55. The third-order valence-electron chi connectivity index (χ3n) is 5.61. The van der Waals surface area contributed by atoms with Crippen LogP contribution in [0.1, 0.15) is 48.0 Å². The van der Waals surface area contributed by atoms with Crippen molar-refractivity contribution in [1.29, 1.82) is 0 Å². The number of nitrogens with zero attached hydrogens (tertiary/aromatic N) is 2. The lowest BCUT2D eigenvalue weighted by atomic mass is 10.0. The van der Waals surface area contributed by atoms with Gasteiger partial charge < -0.3 is 19.9 Å². The van der Waals surface area contributed by atoms with E-state index in [1.165, 1.54) is 4.90 Å². The van der Waals surface area contributed by atoms with Gasteiger partial charge in [-0.2, -0.15) is 0 Å². The van der Waals surface area contributed by atoms with Gasteiger partial charge in [0.1, 0.15) is 6.04 Å². The Labute approximate surface area is 168 Å². The molecule has 4 amide bonds. The number of hydrogen-bond acceptors (Lipinski definition) is 6. The highest BCUT2D eigenvalue weighted by atomic mass is 16.6. The number of anilines is 1. The van der Waals surface area contributed by atoms with Crippen molar-refractivity contribution in [3.8, 4) is 0 Å². The van der Waals surface area contributed by atoms with Gasteiger partial charge in [-0.25, -0.2) is 4.79 Å². The zero-order valence-electron chi connectivity index (χ0n) is 16.1. The van der Waals surface area contributed by atoms with Gasteiger partial charge in [0.2, 0.25) is 11.8 Å². The summed E-state index contributed by atoms with van der Waals surface area (Å²) in [4.78, 5) is 51.4. The minimum absolute atomic E-state index is 0.0406. The number of carbonyl (C=O) groups excluding carboxylic acids is 4. The van der Waals surface area contributed by atoms with E-state index in [9.17, 15) is 19.2 Å². The number of rotatable bonds is 4. The van der Waals surface area contributed by atoms with Crippen molar-refractivity contribution >= 4 is 29.5 Å². The standard InChI is InChI=1S/C20H24N4O5/c25-17-7-6-16(18(26)22-17)24-11-13-10-14(4-5-15(13)19(24)27)21-12-29-20(28)23-8-2-1-3-9-23/h4-5,10,16,21H,1-3,6-9,11-12H2,(H,22,25,26). The normalized spacial score (nSPS) is 21.7. The van der Waals surface area contributed by atoms with Crippen LogP contribution in [0.15, 0.2) is 18.2 Å². The maximum absolute atomic E-state index is 12.7. The fourth-order valence-electron chi connectivity index (χ4n) is 4.03. The molecule has 2 saturated heterocycles. The molecule has 0 spiro atoms. The summed E-state index contributed by atoms with van der Waals surface area (Å²) in [5.41, 5.74) is 2.07. The fourth-order valence-corrected chi connectivity index (χ4v) is 4.03. The van der Waals surface area contributed by atoms with Gasteiger partial charge in [-0.1, -0.05) is 0 Å². The number of nitrogens with one attached hydrogen (secondary N) is 2. The molecule has 0 aliphatic carbocycles. The van der Waals surface area contributed by atoms with E-state index in [0.717, 1.165) is 43.6 Å². The molecule has 29 heavy (non-hydrogen) atoms. The topological polar surface area (TPSA) is 108 Å². The van der Waals surface area contributed by atoms with Crippen LogP contribution in [0.3, 0.4) is 0 Å². The summed E-state index contributed by atoms with van der Waals surface area (Å²) in [6.45, 7) is 1.81. The van der Waals surface area contributed by atoms with E-state index < -0.39 is 11.9 Å². The molecule has 1 aromatic carbocycles. The van der Waals surface area contributed by atoms with Crippen LogP contribution in [-0.4, -0.2) is 59.5 Å². The van der Waals surface area contributed by atoms with E-state index in [-0.39, 0.29) is 31.1 Å². The Bertz CT molecular complexity index is 849. The Morgan fingerprint density at radius 2 is 1.97 bits per heavy atom. The minimum atomic E-state index is -0.630. The van der Waals surface area contributed by atoms with Crippen molar-refractivity contribution in [3.63, 3.8) is 0 Å². The molecule has 3 heterocycles. The second-order valence-electron chi connectivity index (χ2n) is 7.55. The lowest BCUT2D eigenvalue weighted by molar-refractivity contribution is -0.136. The van der Waals surface area contributed by atoms with Gasteiger partial charge >= 0.3 is 6.09 Å². The van der Waals surface area contributed by atoms with Crippen molar-refractivity contribution in [3.05, 3.63) is 29.3 Å². The fraction of sp³-hybridized carbons (Fsp3) is 0.500. The van der Waals surface area contributed by atoms with Gasteiger partial charge in [-0.15, -0.1) is 0 Å². The monoisotopic (exact) mass is 400 g/mol. The van der Waals surface area contributed by atoms with Crippen LogP contribution in [0.2, 0.25) is 0 Å². The van der Waals surface area contributed by atoms with Gasteiger partial charge in [-0.05, 0) is 49.4 Å². The Kier molecular flexibility index (Phi) is 5.37. The molecule has 3 aliphatic heterocycles. The lowest BCUT2D eigenvalue weighted by Gasteiger charge is -2.29. The molecule has 2 N–H and O–H groups in total. The molecule has 0 saturated carbocycles. The molecule has 0 radical (unpaired) electrons. The second kappa shape index (κ2) is 8.10. The zero-order chi connectivity index (χ0) is 20.4. The summed E-state index contributed by atoms with van der Waals surface area (Å²) in [5.74, 6) is -0.941. The van der Waals surface area contributed by atoms with Crippen molar-refractivity contribution in [1.82, 2.24) is 15.1 Å². The third-order valence-corrected chi connectivity index (χ3v) is 5.61. The first-order chi connectivity index (χ1) is 14.0. The molecule has 0 bridgehead atoms. The van der Waals surface area contributed by atoms with E-state index in [0.29, 0.717) is 18.5 Å². The van der Waals surface area contributed by atoms with Gasteiger partial charge in [0.05, 0.1) is 0 Å². The number of fused-ring (bicyclic) bond motifs is 1. The average molecular weight is 400 g/mol. The van der Waals surface area contributed by atoms with Crippen LogP contribution in [0.25, 0.3) is 0 Å². The first-order valence-electron chi connectivity index (χ1n) is 9.96. The Balaban J connectivity index is 1.34. The predicted molar refractivity (Wildman–Crippen MR) is 103 cm³/mol. The maximum Gasteiger partial charge on any atom is 0.411 e. The number of hydrogen-bond donors (Lipinski definition) is 2. The summed E-state index contributed by atoms with van der Waals surface area (Å²) in [5, 5.41) is 5.34. The smallest absolute Gasteiger partial charge is 0.411 e. The van der Waals surface area contributed by atoms with Crippen LogP contribution in [0.5, 0.6) is 0 Å². The van der Waals surface area contributed by atoms with Crippen LogP contribution < -0.4 is 10.6 Å². The van der Waals surface area contributed by atoms with E-state index in [4.69, 9.17) is 4.74 Å². The Morgan fingerprint density at radius 1 is 1.17 bits per heavy atom. The summed E-state index contributed by atoms with van der Waals surface area (Å²) >= 11 is 0. The van der Waals surface area contributed by atoms with Crippen LogP contribution in [-0.2, 0) is 20.9 Å². The molecular weight excluding hydrogens is 376 g/mol. The number of imide groups is 1. The SMILES string of the molecule is O=C1CCC(N2Cc3cc(NCOC(=O)N4CCCCC4)ccc3C2=O)C(=O)N1. The number of likely N-dealkylation sites (tertiary alicyclic amines) is 1.